The maximum absolute atomic E-state index is 11.8. The zero-order valence-corrected chi connectivity index (χ0v) is 11.1. The van der Waals surface area contributed by atoms with Crippen LogP contribution < -0.4 is 4.72 Å². The summed E-state index contributed by atoms with van der Waals surface area (Å²) in [6.07, 6.45) is 1.68. The molecule has 2 aliphatic heterocycles. The summed E-state index contributed by atoms with van der Waals surface area (Å²) >= 11 is 0. The van der Waals surface area contributed by atoms with Crippen molar-refractivity contribution in [2.45, 2.75) is 19.8 Å². The molecule has 100 valence electrons. The molecule has 0 aromatic carbocycles. The summed E-state index contributed by atoms with van der Waals surface area (Å²) in [4.78, 5) is 0. The van der Waals surface area contributed by atoms with Gasteiger partial charge < -0.3 is 9.47 Å². The molecule has 0 radical (unpaired) electrons. The summed E-state index contributed by atoms with van der Waals surface area (Å²) in [7, 11) is -3.14. The second-order valence-electron chi connectivity index (χ2n) is 5.46. The van der Waals surface area contributed by atoms with Gasteiger partial charge in [-0.2, -0.15) is 0 Å². The molecule has 2 rings (SSSR count). The summed E-state index contributed by atoms with van der Waals surface area (Å²) in [5.74, 6) is 0.618. The fourth-order valence-electron chi connectivity index (χ4n) is 2.04. The van der Waals surface area contributed by atoms with Crippen molar-refractivity contribution < 1.29 is 17.9 Å². The van der Waals surface area contributed by atoms with E-state index < -0.39 is 10.0 Å². The number of nitrogens with one attached hydrogen (secondary N) is 1. The lowest BCUT2D eigenvalue weighted by molar-refractivity contribution is -0.0965. The zero-order chi connectivity index (χ0) is 12.4. The Hall–Kier alpha value is -0.170. The molecule has 1 N–H and O–H groups in total. The molecule has 1 unspecified atom stereocenters. The molecule has 0 aromatic heterocycles. The van der Waals surface area contributed by atoms with E-state index in [1.807, 2.05) is 6.92 Å². The molecular weight excluding hydrogens is 242 g/mol. The maximum atomic E-state index is 11.8. The fraction of sp³-hybridized carbons (Fsp3) is 1.00. The van der Waals surface area contributed by atoms with E-state index in [1.165, 1.54) is 0 Å². The van der Waals surface area contributed by atoms with E-state index >= 15 is 0 Å². The van der Waals surface area contributed by atoms with Gasteiger partial charge in [0.25, 0.3) is 0 Å². The van der Waals surface area contributed by atoms with Gasteiger partial charge >= 0.3 is 0 Å². The highest BCUT2D eigenvalue weighted by Crippen LogP contribution is 2.25. The smallest absolute Gasteiger partial charge is 0.211 e. The molecule has 1 atom stereocenters. The molecule has 2 fully saturated rings. The monoisotopic (exact) mass is 263 g/mol. The lowest BCUT2D eigenvalue weighted by atomic mass is 9.89. The van der Waals surface area contributed by atoms with E-state index in [9.17, 15) is 8.42 Å². The van der Waals surface area contributed by atoms with Crippen LogP contribution in [-0.2, 0) is 19.5 Å². The number of rotatable bonds is 6. The Balaban J connectivity index is 1.70. The van der Waals surface area contributed by atoms with Gasteiger partial charge in [-0.15, -0.1) is 0 Å². The number of hydrogen-bond donors (Lipinski definition) is 1. The first-order valence-corrected chi connectivity index (χ1v) is 7.77. The van der Waals surface area contributed by atoms with Crippen molar-refractivity contribution in [3.05, 3.63) is 0 Å². The molecule has 2 saturated heterocycles. The number of ether oxygens (including phenoxy) is 2. The van der Waals surface area contributed by atoms with Crippen LogP contribution in [0.1, 0.15) is 19.8 Å². The van der Waals surface area contributed by atoms with Gasteiger partial charge in [-0.25, -0.2) is 13.1 Å². The standard InChI is InChI=1S/C11H21NO4S/c1-11(8-16-9-11)7-12-17(13,14)5-3-10-2-4-15-6-10/h10,12H,2-9H2,1H3. The first kappa shape index (κ1) is 13.3. The average molecular weight is 263 g/mol. The van der Waals surface area contributed by atoms with Crippen LogP contribution in [0.2, 0.25) is 0 Å². The van der Waals surface area contributed by atoms with E-state index in [4.69, 9.17) is 9.47 Å². The van der Waals surface area contributed by atoms with Gasteiger partial charge in [-0.3, -0.25) is 0 Å². The highest BCUT2D eigenvalue weighted by molar-refractivity contribution is 7.89. The van der Waals surface area contributed by atoms with Gasteiger partial charge in [0.1, 0.15) is 0 Å². The summed E-state index contributed by atoms with van der Waals surface area (Å²) < 4.78 is 36.6. The van der Waals surface area contributed by atoms with Crippen LogP contribution in [0.3, 0.4) is 0 Å². The normalized spacial score (nSPS) is 27.9. The third kappa shape index (κ3) is 3.91. The predicted molar refractivity (Wildman–Crippen MR) is 64.3 cm³/mol. The molecule has 2 aliphatic rings. The first-order valence-electron chi connectivity index (χ1n) is 6.12. The zero-order valence-electron chi connectivity index (χ0n) is 10.3. The van der Waals surface area contributed by atoms with Crippen molar-refractivity contribution in [1.29, 1.82) is 0 Å². The summed E-state index contributed by atoms with van der Waals surface area (Å²) in [6.45, 7) is 5.28. The highest BCUT2D eigenvalue weighted by Gasteiger charge is 2.34. The van der Waals surface area contributed by atoms with Gasteiger partial charge in [0.15, 0.2) is 0 Å². The Morgan fingerprint density at radius 1 is 1.35 bits per heavy atom. The lowest BCUT2D eigenvalue weighted by Crippen LogP contribution is -2.48. The van der Waals surface area contributed by atoms with Crippen LogP contribution in [0.4, 0.5) is 0 Å². The minimum absolute atomic E-state index is 0.0104. The third-order valence-electron chi connectivity index (χ3n) is 3.44. The molecule has 0 saturated carbocycles. The Kier molecular flexibility index (Phi) is 4.07. The van der Waals surface area contributed by atoms with Crippen LogP contribution in [0.5, 0.6) is 0 Å². The van der Waals surface area contributed by atoms with Crippen LogP contribution in [0.15, 0.2) is 0 Å². The van der Waals surface area contributed by atoms with Crippen LogP contribution >= 0.6 is 0 Å². The Morgan fingerprint density at radius 3 is 2.65 bits per heavy atom. The van der Waals surface area contributed by atoms with Crippen molar-refractivity contribution in [3.8, 4) is 0 Å². The van der Waals surface area contributed by atoms with E-state index in [0.29, 0.717) is 38.7 Å². The summed E-state index contributed by atoms with van der Waals surface area (Å²) in [5, 5.41) is 0. The lowest BCUT2D eigenvalue weighted by Gasteiger charge is -2.37. The molecule has 17 heavy (non-hydrogen) atoms. The molecule has 0 aromatic rings. The van der Waals surface area contributed by atoms with Crippen molar-refractivity contribution in [2.24, 2.45) is 11.3 Å². The minimum atomic E-state index is -3.14. The molecule has 0 spiro atoms. The van der Waals surface area contributed by atoms with Gasteiger partial charge in [-0.05, 0) is 18.8 Å². The van der Waals surface area contributed by atoms with Crippen molar-refractivity contribution >= 4 is 10.0 Å². The summed E-state index contributed by atoms with van der Waals surface area (Å²) in [5.41, 5.74) is -0.0104. The topological polar surface area (TPSA) is 64.6 Å². The van der Waals surface area contributed by atoms with E-state index in [-0.39, 0.29) is 11.2 Å². The van der Waals surface area contributed by atoms with E-state index in [0.717, 1.165) is 13.0 Å². The Morgan fingerprint density at radius 2 is 2.12 bits per heavy atom. The number of sulfonamides is 1. The van der Waals surface area contributed by atoms with Crippen LogP contribution in [-0.4, -0.2) is 47.1 Å². The minimum Gasteiger partial charge on any atom is -0.381 e. The predicted octanol–water partition coefficient (Wildman–Crippen LogP) is 0.369. The fourth-order valence-corrected chi connectivity index (χ4v) is 3.40. The average Bonchev–Trinajstić information content (AvgIpc) is 2.74. The second kappa shape index (κ2) is 5.22. The molecule has 5 nitrogen and oxygen atoms in total. The largest absolute Gasteiger partial charge is 0.381 e. The van der Waals surface area contributed by atoms with Gasteiger partial charge in [-0.1, -0.05) is 6.92 Å². The van der Waals surface area contributed by atoms with Gasteiger partial charge in [0, 0.05) is 25.2 Å². The molecule has 6 heteroatoms. The Bertz CT molecular complexity index is 344. The van der Waals surface area contributed by atoms with Crippen LogP contribution in [0, 0.1) is 11.3 Å². The summed E-state index contributed by atoms with van der Waals surface area (Å²) in [6, 6.07) is 0. The van der Waals surface area contributed by atoms with E-state index in [1.54, 1.807) is 0 Å². The first-order chi connectivity index (χ1) is 7.99. The Labute approximate surface area is 103 Å². The van der Waals surface area contributed by atoms with Gasteiger partial charge in [0.05, 0.1) is 19.0 Å². The van der Waals surface area contributed by atoms with Crippen molar-refractivity contribution in [3.63, 3.8) is 0 Å². The van der Waals surface area contributed by atoms with Crippen molar-refractivity contribution in [2.75, 3.05) is 38.7 Å². The third-order valence-corrected chi connectivity index (χ3v) is 4.80. The molecular formula is C11H21NO4S. The number of hydrogen-bond acceptors (Lipinski definition) is 4. The SMILES string of the molecule is CC1(CNS(=O)(=O)CCC2CCOC2)COC1. The van der Waals surface area contributed by atoms with Gasteiger partial charge in [0.2, 0.25) is 10.0 Å². The molecule has 0 bridgehead atoms. The molecule has 0 amide bonds. The van der Waals surface area contributed by atoms with E-state index in [2.05, 4.69) is 4.72 Å². The highest BCUT2D eigenvalue weighted by atomic mass is 32.2. The quantitative estimate of drug-likeness (QED) is 0.752. The molecule has 2 heterocycles. The van der Waals surface area contributed by atoms with Crippen LogP contribution in [0.25, 0.3) is 0 Å². The maximum Gasteiger partial charge on any atom is 0.211 e. The molecule has 0 aliphatic carbocycles. The second-order valence-corrected chi connectivity index (χ2v) is 7.39. The van der Waals surface area contributed by atoms with Crippen molar-refractivity contribution in [1.82, 2.24) is 4.72 Å².